The van der Waals surface area contributed by atoms with Gasteiger partial charge < -0.3 is 10.4 Å². The van der Waals surface area contributed by atoms with Crippen molar-refractivity contribution in [3.8, 4) is 0 Å². The summed E-state index contributed by atoms with van der Waals surface area (Å²) < 4.78 is 1.72. The molecule has 0 saturated heterocycles. The number of rotatable bonds is 6. The minimum Gasteiger partial charge on any atom is -0.480 e. The molecule has 0 saturated carbocycles. The minimum absolute atomic E-state index is 0.166. The molecule has 0 aliphatic rings. The SMILES string of the molecule is CCC[C@@H](NC(=O)Cc1c(C)nn(C)c1C)C(=O)O. The first-order valence-corrected chi connectivity index (χ1v) is 6.38. The molecule has 6 heteroatoms. The van der Waals surface area contributed by atoms with Crippen LogP contribution in [0, 0.1) is 13.8 Å². The Morgan fingerprint density at radius 3 is 2.47 bits per heavy atom. The zero-order valence-corrected chi connectivity index (χ0v) is 11.9. The summed E-state index contributed by atoms with van der Waals surface area (Å²) in [5.74, 6) is -1.27. The molecule has 0 radical (unpaired) electrons. The largest absolute Gasteiger partial charge is 0.480 e. The number of nitrogens with zero attached hydrogens (tertiary/aromatic N) is 2. The van der Waals surface area contributed by atoms with Crippen molar-refractivity contribution >= 4 is 11.9 Å². The zero-order chi connectivity index (χ0) is 14.6. The van der Waals surface area contributed by atoms with Gasteiger partial charge in [-0.25, -0.2) is 4.79 Å². The first-order chi connectivity index (χ1) is 8.86. The molecule has 106 valence electrons. The van der Waals surface area contributed by atoms with Gasteiger partial charge in [0.2, 0.25) is 5.91 Å². The van der Waals surface area contributed by atoms with E-state index in [-0.39, 0.29) is 12.3 Å². The maximum absolute atomic E-state index is 11.9. The average Bonchev–Trinajstić information content (AvgIpc) is 2.55. The van der Waals surface area contributed by atoms with Gasteiger partial charge in [0.1, 0.15) is 6.04 Å². The van der Waals surface area contributed by atoms with Crippen molar-refractivity contribution in [1.82, 2.24) is 15.1 Å². The van der Waals surface area contributed by atoms with Gasteiger partial charge in [0.25, 0.3) is 0 Å². The van der Waals surface area contributed by atoms with Crippen LogP contribution in [0.1, 0.15) is 36.7 Å². The number of aryl methyl sites for hydroxylation is 2. The molecule has 0 aliphatic heterocycles. The van der Waals surface area contributed by atoms with Gasteiger partial charge in [-0.1, -0.05) is 13.3 Å². The number of carbonyl (C=O) groups excluding carboxylic acids is 1. The van der Waals surface area contributed by atoms with E-state index in [9.17, 15) is 9.59 Å². The fourth-order valence-electron chi connectivity index (χ4n) is 2.03. The Morgan fingerprint density at radius 1 is 1.42 bits per heavy atom. The second-order valence-electron chi connectivity index (χ2n) is 4.70. The molecule has 19 heavy (non-hydrogen) atoms. The minimum atomic E-state index is -0.991. The highest BCUT2D eigenvalue weighted by atomic mass is 16.4. The van der Waals surface area contributed by atoms with Gasteiger partial charge >= 0.3 is 5.97 Å². The third-order valence-corrected chi connectivity index (χ3v) is 3.21. The predicted molar refractivity (Wildman–Crippen MR) is 70.9 cm³/mol. The highest BCUT2D eigenvalue weighted by Crippen LogP contribution is 2.12. The van der Waals surface area contributed by atoms with Crippen molar-refractivity contribution in [2.75, 3.05) is 0 Å². The molecule has 0 spiro atoms. The second-order valence-corrected chi connectivity index (χ2v) is 4.70. The summed E-state index contributed by atoms with van der Waals surface area (Å²) in [5.41, 5.74) is 2.59. The van der Waals surface area contributed by atoms with Crippen LogP contribution in [-0.4, -0.2) is 32.8 Å². The number of carbonyl (C=O) groups is 2. The number of nitrogens with one attached hydrogen (secondary N) is 1. The lowest BCUT2D eigenvalue weighted by Gasteiger charge is -2.13. The molecule has 1 heterocycles. The summed E-state index contributed by atoms with van der Waals surface area (Å²) in [6, 6.07) is -0.810. The van der Waals surface area contributed by atoms with Gasteiger partial charge in [0, 0.05) is 18.3 Å². The smallest absolute Gasteiger partial charge is 0.326 e. The molecule has 1 aromatic rings. The standard InChI is InChI=1S/C13H21N3O3/c1-5-6-11(13(18)19)14-12(17)7-10-8(2)15-16(4)9(10)3/h11H,5-7H2,1-4H3,(H,14,17)(H,18,19)/t11-/m1/s1. The fourth-order valence-corrected chi connectivity index (χ4v) is 2.03. The Bertz CT molecular complexity index is 480. The lowest BCUT2D eigenvalue weighted by Crippen LogP contribution is -2.41. The molecular formula is C13H21N3O3. The van der Waals surface area contributed by atoms with E-state index in [0.29, 0.717) is 12.8 Å². The molecule has 0 unspecified atom stereocenters. The molecule has 0 bridgehead atoms. The molecule has 0 aromatic carbocycles. The van der Waals surface area contributed by atoms with Gasteiger partial charge in [-0.3, -0.25) is 9.48 Å². The average molecular weight is 267 g/mol. The van der Waals surface area contributed by atoms with Crippen LogP contribution in [0.4, 0.5) is 0 Å². The van der Waals surface area contributed by atoms with Crippen molar-refractivity contribution in [3.63, 3.8) is 0 Å². The van der Waals surface area contributed by atoms with E-state index in [2.05, 4.69) is 10.4 Å². The highest BCUT2D eigenvalue weighted by Gasteiger charge is 2.20. The summed E-state index contributed by atoms with van der Waals surface area (Å²) in [4.78, 5) is 22.9. The Kier molecular flexibility index (Phi) is 5.09. The number of hydrogen-bond donors (Lipinski definition) is 2. The predicted octanol–water partition coefficient (Wildman–Crippen LogP) is 0.949. The van der Waals surface area contributed by atoms with Gasteiger partial charge in [-0.15, -0.1) is 0 Å². The van der Waals surface area contributed by atoms with Crippen LogP contribution in [0.5, 0.6) is 0 Å². The summed E-state index contributed by atoms with van der Waals surface area (Å²) in [6.45, 7) is 5.62. The van der Waals surface area contributed by atoms with E-state index in [1.54, 1.807) is 4.68 Å². The molecular weight excluding hydrogens is 246 g/mol. The lowest BCUT2D eigenvalue weighted by atomic mass is 10.1. The second kappa shape index (κ2) is 6.36. The van der Waals surface area contributed by atoms with Gasteiger partial charge in [-0.2, -0.15) is 5.10 Å². The Hall–Kier alpha value is -1.85. The van der Waals surface area contributed by atoms with Gasteiger partial charge in [-0.05, 0) is 20.3 Å². The number of aromatic nitrogens is 2. The Labute approximate surface area is 112 Å². The van der Waals surface area contributed by atoms with E-state index in [4.69, 9.17) is 5.11 Å². The molecule has 1 aromatic heterocycles. The summed E-state index contributed by atoms with van der Waals surface area (Å²) in [5, 5.41) is 15.8. The topological polar surface area (TPSA) is 84.2 Å². The zero-order valence-electron chi connectivity index (χ0n) is 11.9. The number of aliphatic carboxylic acids is 1. The monoisotopic (exact) mass is 267 g/mol. The van der Waals surface area contributed by atoms with E-state index < -0.39 is 12.0 Å². The number of carboxylic acids is 1. The quantitative estimate of drug-likeness (QED) is 0.803. The molecule has 6 nitrogen and oxygen atoms in total. The van der Waals surface area contributed by atoms with E-state index in [1.165, 1.54) is 0 Å². The first-order valence-electron chi connectivity index (χ1n) is 6.38. The Morgan fingerprint density at radius 2 is 2.05 bits per heavy atom. The molecule has 0 aliphatic carbocycles. The van der Waals surface area contributed by atoms with Crippen molar-refractivity contribution in [3.05, 3.63) is 17.0 Å². The summed E-state index contributed by atoms with van der Waals surface area (Å²) in [7, 11) is 1.82. The number of carboxylic acid groups (broad SMARTS) is 1. The van der Waals surface area contributed by atoms with Crippen molar-refractivity contribution in [1.29, 1.82) is 0 Å². The lowest BCUT2D eigenvalue weighted by molar-refractivity contribution is -0.141. The molecule has 2 N–H and O–H groups in total. The van der Waals surface area contributed by atoms with Crippen LogP contribution in [0.2, 0.25) is 0 Å². The van der Waals surface area contributed by atoms with Crippen LogP contribution in [0.3, 0.4) is 0 Å². The van der Waals surface area contributed by atoms with Crippen LogP contribution in [-0.2, 0) is 23.1 Å². The van der Waals surface area contributed by atoms with Crippen molar-refractivity contribution in [2.24, 2.45) is 7.05 Å². The van der Waals surface area contributed by atoms with Crippen LogP contribution >= 0.6 is 0 Å². The summed E-state index contributed by atoms with van der Waals surface area (Å²) in [6.07, 6.45) is 1.31. The van der Waals surface area contributed by atoms with E-state index in [0.717, 1.165) is 17.0 Å². The number of amides is 1. The maximum Gasteiger partial charge on any atom is 0.326 e. The molecule has 1 atom stereocenters. The summed E-state index contributed by atoms with van der Waals surface area (Å²) >= 11 is 0. The van der Waals surface area contributed by atoms with Crippen molar-refractivity contribution in [2.45, 2.75) is 46.1 Å². The fraction of sp³-hybridized carbons (Fsp3) is 0.615. The van der Waals surface area contributed by atoms with Crippen LogP contribution in [0.25, 0.3) is 0 Å². The van der Waals surface area contributed by atoms with E-state index in [1.807, 2.05) is 27.8 Å². The normalized spacial score (nSPS) is 12.2. The van der Waals surface area contributed by atoms with Crippen molar-refractivity contribution < 1.29 is 14.7 Å². The third-order valence-electron chi connectivity index (χ3n) is 3.21. The Balaban J connectivity index is 2.71. The maximum atomic E-state index is 11.9. The third kappa shape index (κ3) is 3.81. The molecule has 1 rings (SSSR count). The van der Waals surface area contributed by atoms with Gasteiger partial charge in [0.15, 0.2) is 0 Å². The molecule has 0 fully saturated rings. The molecule has 1 amide bonds. The number of hydrogen-bond acceptors (Lipinski definition) is 3. The first kappa shape index (κ1) is 15.2. The van der Waals surface area contributed by atoms with Gasteiger partial charge in [0.05, 0.1) is 12.1 Å². The van der Waals surface area contributed by atoms with Crippen LogP contribution < -0.4 is 5.32 Å². The van der Waals surface area contributed by atoms with E-state index >= 15 is 0 Å². The highest BCUT2D eigenvalue weighted by molar-refractivity contribution is 5.85. The van der Waals surface area contributed by atoms with Crippen LogP contribution in [0.15, 0.2) is 0 Å².